The Morgan fingerprint density at radius 2 is 1.96 bits per heavy atom. The monoisotopic (exact) mass is 341 g/mol. The van der Waals surface area contributed by atoms with Gasteiger partial charge in [0.05, 0.1) is 7.11 Å². The smallest absolute Gasteiger partial charge is 0.290 e. The van der Waals surface area contributed by atoms with Crippen molar-refractivity contribution in [3.05, 3.63) is 63.2 Å². The summed E-state index contributed by atoms with van der Waals surface area (Å²) in [4.78, 5) is 26.3. The summed E-state index contributed by atoms with van der Waals surface area (Å²) in [5.41, 5.74) is 3.38. The largest absolute Gasteiger partial charge is 0.490 e. The Balaban J connectivity index is 1.85. The first-order valence-electron chi connectivity index (χ1n) is 8.38. The fraction of sp³-hybridized carbons (Fsp3) is 0.400. The first kappa shape index (κ1) is 17.3. The Bertz CT molecular complexity index is 861. The molecule has 2 aromatic rings. The summed E-state index contributed by atoms with van der Waals surface area (Å²) < 4.78 is 10.2. The highest BCUT2D eigenvalue weighted by Gasteiger charge is 2.25. The van der Waals surface area contributed by atoms with E-state index in [9.17, 15) is 9.59 Å². The van der Waals surface area contributed by atoms with E-state index in [4.69, 9.17) is 9.15 Å². The van der Waals surface area contributed by atoms with Crippen LogP contribution >= 0.6 is 0 Å². The van der Waals surface area contributed by atoms with Crippen molar-refractivity contribution in [1.82, 2.24) is 4.90 Å². The highest BCUT2D eigenvalue weighted by Crippen LogP contribution is 2.28. The maximum atomic E-state index is 12.7. The SMILES string of the molecule is COc1coc(C(=O)N2CCc3ccc(C(C)(C)C)cc3C2)cc1=O. The van der Waals surface area contributed by atoms with Crippen LogP contribution in [0.1, 0.15) is 48.0 Å². The van der Waals surface area contributed by atoms with Crippen molar-refractivity contribution in [2.75, 3.05) is 13.7 Å². The Labute approximate surface area is 147 Å². The molecule has 1 aromatic heterocycles. The topological polar surface area (TPSA) is 59.8 Å². The summed E-state index contributed by atoms with van der Waals surface area (Å²) in [7, 11) is 1.39. The molecule has 2 heterocycles. The van der Waals surface area contributed by atoms with E-state index in [0.717, 1.165) is 12.0 Å². The molecule has 5 heteroatoms. The number of amides is 1. The molecule has 0 saturated heterocycles. The Kier molecular flexibility index (Phi) is 4.41. The zero-order valence-corrected chi connectivity index (χ0v) is 15.1. The molecule has 0 fully saturated rings. The minimum atomic E-state index is -0.357. The van der Waals surface area contributed by atoms with E-state index < -0.39 is 0 Å². The third-order valence-electron chi connectivity index (χ3n) is 4.60. The lowest BCUT2D eigenvalue weighted by Gasteiger charge is -2.30. The number of ether oxygens (including phenoxy) is 1. The average molecular weight is 341 g/mol. The van der Waals surface area contributed by atoms with E-state index in [1.165, 1.54) is 30.6 Å². The van der Waals surface area contributed by atoms with Crippen LogP contribution in [0.4, 0.5) is 0 Å². The summed E-state index contributed by atoms with van der Waals surface area (Å²) >= 11 is 0. The van der Waals surface area contributed by atoms with E-state index in [-0.39, 0.29) is 28.3 Å². The second kappa shape index (κ2) is 6.39. The van der Waals surface area contributed by atoms with Gasteiger partial charge in [-0.05, 0) is 28.5 Å². The van der Waals surface area contributed by atoms with E-state index in [0.29, 0.717) is 13.1 Å². The summed E-state index contributed by atoms with van der Waals surface area (Å²) in [5.74, 6) is -0.136. The molecule has 0 N–H and O–H groups in total. The predicted octanol–water partition coefficient (Wildman–Crippen LogP) is 3.14. The summed E-state index contributed by atoms with van der Waals surface area (Å²) in [6.45, 7) is 7.65. The molecule has 25 heavy (non-hydrogen) atoms. The maximum Gasteiger partial charge on any atom is 0.290 e. The van der Waals surface area contributed by atoms with E-state index in [2.05, 4.69) is 39.0 Å². The molecule has 0 saturated carbocycles. The van der Waals surface area contributed by atoms with Crippen molar-refractivity contribution in [3.63, 3.8) is 0 Å². The van der Waals surface area contributed by atoms with Gasteiger partial charge in [-0.3, -0.25) is 9.59 Å². The molecule has 1 aromatic carbocycles. The van der Waals surface area contributed by atoms with Crippen molar-refractivity contribution in [1.29, 1.82) is 0 Å². The molecule has 0 atom stereocenters. The van der Waals surface area contributed by atoms with Crippen LogP contribution in [0.25, 0.3) is 0 Å². The number of hydrogen-bond donors (Lipinski definition) is 0. The highest BCUT2D eigenvalue weighted by molar-refractivity contribution is 5.91. The summed E-state index contributed by atoms with van der Waals surface area (Å²) in [6.07, 6.45) is 1.98. The molecular formula is C20H23NO4. The molecule has 3 rings (SSSR count). The standard InChI is InChI=1S/C20H23NO4/c1-20(2,3)15-6-5-13-7-8-21(11-14(13)9-15)19(23)17-10-16(22)18(24-4)12-25-17/h5-6,9-10,12H,7-8,11H2,1-4H3. The van der Waals surface area contributed by atoms with Crippen molar-refractivity contribution in [3.8, 4) is 5.75 Å². The summed E-state index contributed by atoms with van der Waals surface area (Å²) in [5, 5.41) is 0. The Hall–Kier alpha value is -2.56. The van der Waals surface area contributed by atoms with Crippen molar-refractivity contribution < 1.29 is 13.9 Å². The lowest BCUT2D eigenvalue weighted by atomic mass is 9.84. The molecule has 5 nitrogen and oxygen atoms in total. The maximum absolute atomic E-state index is 12.7. The molecule has 0 radical (unpaired) electrons. The van der Waals surface area contributed by atoms with Crippen LogP contribution in [0.2, 0.25) is 0 Å². The third kappa shape index (κ3) is 3.45. The number of carbonyl (C=O) groups is 1. The third-order valence-corrected chi connectivity index (χ3v) is 4.60. The molecule has 0 spiro atoms. The Morgan fingerprint density at radius 3 is 2.60 bits per heavy atom. The number of nitrogens with zero attached hydrogens (tertiary/aromatic N) is 1. The zero-order valence-electron chi connectivity index (χ0n) is 15.1. The fourth-order valence-corrected chi connectivity index (χ4v) is 3.01. The molecule has 0 unspecified atom stereocenters. The van der Waals surface area contributed by atoms with Crippen molar-refractivity contribution in [2.45, 2.75) is 39.2 Å². The van der Waals surface area contributed by atoms with Crippen LogP contribution < -0.4 is 10.2 Å². The van der Waals surface area contributed by atoms with Gasteiger partial charge in [0.2, 0.25) is 11.2 Å². The van der Waals surface area contributed by atoms with Gasteiger partial charge >= 0.3 is 0 Å². The fourth-order valence-electron chi connectivity index (χ4n) is 3.01. The lowest BCUT2D eigenvalue weighted by molar-refractivity contribution is 0.0699. The molecular weight excluding hydrogens is 318 g/mol. The number of fused-ring (bicyclic) bond motifs is 1. The van der Waals surface area contributed by atoms with Crippen LogP contribution in [-0.2, 0) is 18.4 Å². The first-order valence-corrected chi connectivity index (χ1v) is 8.38. The predicted molar refractivity (Wildman–Crippen MR) is 95.1 cm³/mol. The van der Waals surface area contributed by atoms with Gasteiger partial charge in [-0.15, -0.1) is 0 Å². The second-order valence-corrected chi connectivity index (χ2v) is 7.39. The van der Waals surface area contributed by atoms with Gasteiger partial charge in [0.25, 0.3) is 5.91 Å². The second-order valence-electron chi connectivity index (χ2n) is 7.39. The van der Waals surface area contributed by atoms with Crippen molar-refractivity contribution >= 4 is 5.91 Å². The molecule has 1 amide bonds. The highest BCUT2D eigenvalue weighted by atomic mass is 16.5. The van der Waals surface area contributed by atoms with Crippen LogP contribution in [0.15, 0.2) is 39.7 Å². The number of carbonyl (C=O) groups excluding carboxylic acids is 1. The van der Waals surface area contributed by atoms with Gasteiger partial charge in [-0.25, -0.2) is 0 Å². The van der Waals surface area contributed by atoms with E-state index >= 15 is 0 Å². The zero-order chi connectivity index (χ0) is 18.2. The first-order chi connectivity index (χ1) is 11.8. The lowest BCUT2D eigenvalue weighted by Crippen LogP contribution is -2.36. The molecule has 1 aliphatic heterocycles. The van der Waals surface area contributed by atoms with Gasteiger partial charge in [-0.1, -0.05) is 39.0 Å². The molecule has 0 bridgehead atoms. The van der Waals surface area contributed by atoms with Crippen LogP contribution in [0, 0.1) is 0 Å². The van der Waals surface area contributed by atoms with Crippen molar-refractivity contribution in [2.24, 2.45) is 0 Å². The van der Waals surface area contributed by atoms with Crippen LogP contribution in [-0.4, -0.2) is 24.5 Å². The number of benzene rings is 1. The van der Waals surface area contributed by atoms with Gasteiger partial charge < -0.3 is 14.1 Å². The molecule has 1 aliphatic rings. The van der Waals surface area contributed by atoms with E-state index in [1.807, 2.05) is 0 Å². The number of methoxy groups -OCH3 is 1. The minimum Gasteiger partial charge on any atom is -0.490 e. The van der Waals surface area contributed by atoms with Gasteiger partial charge in [0.15, 0.2) is 5.76 Å². The van der Waals surface area contributed by atoms with Gasteiger partial charge in [0.1, 0.15) is 6.26 Å². The van der Waals surface area contributed by atoms with Gasteiger partial charge in [-0.2, -0.15) is 0 Å². The number of hydrogen-bond acceptors (Lipinski definition) is 4. The molecule has 0 aliphatic carbocycles. The normalized spacial score (nSPS) is 14.2. The molecule has 132 valence electrons. The van der Waals surface area contributed by atoms with Crippen LogP contribution in [0.3, 0.4) is 0 Å². The van der Waals surface area contributed by atoms with E-state index in [1.54, 1.807) is 4.90 Å². The minimum absolute atomic E-state index is 0.0428. The number of rotatable bonds is 2. The summed E-state index contributed by atoms with van der Waals surface area (Å²) in [6, 6.07) is 7.70. The average Bonchev–Trinajstić information content (AvgIpc) is 2.59. The quantitative estimate of drug-likeness (QED) is 0.842. The van der Waals surface area contributed by atoms with Gasteiger partial charge in [0, 0.05) is 19.2 Å². The Morgan fingerprint density at radius 1 is 1.20 bits per heavy atom. The van der Waals surface area contributed by atoms with Crippen LogP contribution in [0.5, 0.6) is 5.75 Å².